The van der Waals surface area contributed by atoms with Crippen molar-refractivity contribution >= 4 is 10.9 Å². The Morgan fingerprint density at radius 3 is 2.77 bits per heavy atom. The number of aromatic amines is 1. The summed E-state index contributed by atoms with van der Waals surface area (Å²) < 4.78 is 0. The summed E-state index contributed by atoms with van der Waals surface area (Å²) in [4.78, 5) is 16.5. The molecule has 0 aliphatic carbocycles. The van der Waals surface area contributed by atoms with E-state index in [-0.39, 0.29) is 0 Å². The van der Waals surface area contributed by atoms with E-state index in [1.165, 1.54) is 5.56 Å². The molecule has 106 valence electrons. The summed E-state index contributed by atoms with van der Waals surface area (Å²) in [5, 5.41) is 1.08. The first-order valence-electron chi connectivity index (χ1n) is 7.17. The summed E-state index contributed by atoms with van der Waals surface area (Å²) in [5.41, 5.74) is 4.24. The normalized spacial score (nSPS) is 10.9. The molecule has 1 N–H and O–H groups in total. The van der Waals surface area contributed by atoms with Gasteiger partial charge in [0.05, 0.1) is 5.69 Å². The molecule has 0 unspecified atom stereocenters. The second-order valence-corrected chi connectivity index (χ2v) is 5.14. The summed E-state index contributed by atoms with van der Waals surface area (Å²) >= 11 is 0. The van der Waals surface area contributed by atoms with Crippen LogP contribution in [0, 0.1) is 0 Å². The molecule has 0 spiro atoms. The highest BCUT2D eigenvalue weighted by molar-refractivity contribution is 5.93. The first-order chi connectivity index (χ1) is 10.9. The number of pyridine rings is 1. The van der Waals surface area contributed by atoms with Crippen molar-refractivity contribution in [2.24, 2.45) is 0 Å². The summed E-state index contributed by atoms with van der Waals surface area (Å²) in [6, 6.07) is 14.2. The maximum atomic E-state index is 4.70. The molecule has 0 bridgehead atoms. The Morgan fingerprint density at radius 1 is 0.955 bits per heavy atom. The van der Waals surface area contributed by atoms with E-state index in [1.807, 2.05) is 48.9 Å². The van der Waals surface area contributed by atoms with Gasteiger partial charge in [0.2, 0.25) is 0 Å². The third kappa shape index (κ3) is 2.35. The highest BCUT2D eigenvalue weighted by Gasteiger charge is 2.08. The van der Waals surface area contributed by atoms with Gasteiger partial charge in [0, 0.05) is 47.7 Å². The minimum atomic E-state index is 0.731. The Bertz CT molecular complexity index is 912. The number of hydrogen-bond acceptors (Lipinski definition) is 3. The zero-order valence-electron chi connectivity index (χ0n) is 11.9. The smallest absolute Gasteiger partial charge is 0.133 e. The molecule has 4 aromatic rings. The number of nitrogens with zero attached hydrogens (tertiary/aromatic N) is 3. The molecule has 0 atom stereocenters. The molecule has 3 aromatic heterocycles. The fourth-order valence-corrected chi connectivity index (χ4v) is 2.59. The Hall–Kier alpha value is -3.01. The molecule has 4 heteroatoms. The molecule has 0 saturated heterocycles. The van der Waals surface area contributed by atoms with E-state index in [0.717, 1.165) is 34.4 Å². The van der Waals surface area contributed by atoms with Crippen LogP contribution in [0.4, 0.5) is 0 Å². The lowest BCUT2D eigenvalue weighted by atomic mass is 10.1. The SMILES string of the molecule is c1ccc(Cc2nccc(-c3c[nH]c4ccncc34)n2)cc1. The average Bonchev–Trinajstić information content (AvgIpc) is 3.00. The van der Waals surface area contributed by atoms with Gasteiger partial charge in [-0.2, -0.15) is 0 Å². The number of nitrogens with one attached hydrogen (secondary N) is 1. The quantitative estimate of drug-likeness (QED) is 0.626. The maximum Gasteiger partial charge on any atom is 0.133 e. The van der Waals surface area contributed by atoms with E-state index in [0.29, 0.717) is 0 Å². The van der Waals surface area contributed by atoms with Gasteiger partial charge in [-0.25, -0.2) is 9.97 Å². The molecule has 0 fully saturated rings. The highest BCUT2D eigenvalue weighted by atomic mass is 14.9. The van der Waals surface area contributed by atoms with Crippen molar-refractivity contribution < 1.29 is 0 Å². The number of fused-ring (bicyclic) bond motifs is 1. The lowest BCUT2D eigenvalue weighted by Crippen LogP contribution is -1.97. The molecule has 4 nitrogen and oxygen atoms in total. The highest BCUT2D eigenvalue weighted by Crippen LogP contribution is 2.26. The number of rotatable bonds is 3. The van der Waals surface area contributed by atoms with Gasteiger partial charge in [0.15, 0.2) is 0 Å². The van der Waals surface area contributed by atoms with Crippen LogP contribution in [0.25, 0.3) is 22.2 Å². The number of H-pyrrole nitrogens is 1. The molecule has 22 heavy (non-hydrogen) atoms. The number of hydrogen-bond donors (Lipinski definition) is 1. The van der Waals surface area contributed by atoms with Crippen molar-refractivity contribution in [2.45, 2.75) is 6.42 Å². The van der Waals surface area contributed by atoms with Crippen molar-refractivity contribution in [3.05, 3.63) is 78.6 Å². The standard InChI is InChI=1S/C18H14N4/c1-2-4-13(5-3-1)10-18-20-9-7-17(22-18)15-12-21-16-6-8-19-11-14(15)16/h1-9,11-12,21H,10H2. The van der Waals surface area contributed by atoms with Crippen LogP contribution in [-0.2, 0) is 6.42 Å². The van der Waals surface area contributed by atoms with Gasteiger partial charge in [0.1, 0.15) is 5.82 Å². The largest absolute Gasteiger partial charge is 0.360 e. The third-order valence-corrected chi connectivity index (χ3v) is 3.67. The van der Waals surface area contributed by atoms with Crippen molar-refractivity contribution in [2.75, 3.05) is 0 Å². The predicted molar refractivity (Wildman–Crippen MR) is 86.4 cm³/mol. The summed E-state index contributed by atoms with van der Waals surface area (Å²) in [5.74, 6) is 0.821. The molecule has 4 rings (SSSR count). The van der Waals surface area contributed by atoms with Crippen LogP contribution in [0.3, 0.4) is 0 Å². The Morgan fingerprint density at radius 2 is 1.86 bits per heavy atom. The van der Waals surface area contributed by atoms with E-state index < -0.39 is 0 Å². The first kappa shape index (κ1) is 12.7. The van der Waals surface area contributed by atoms with Gasteiger partial charge in [-0.05, 0) is 17.7 Å². The predicted octanol–water partition coefficient (Wildman–Crippen LogP) is 3.61. The fourth-order valence-electron chi connectivity index (χ4n) is 2.59. The Kier molecular flexibility index (Phi) is 3.12. The zero-order chi connectivity index (χ0) is 14.8. The minimum Gasteiger partial charge on any atom is -0.360 e. The minimum absolute atomic E-state index is 0.731. The van der Waals surface area contributed by atoms with Crippen molar-refractivity contribution in [1.82, 2.24) is 19.9 Å². The fraction of sp³-hybridized carbons (Fsp3) is 0.0556. The first-order valence-corrected chi connectivity index (χ1v) is 7.17. The van der Waals surface area contributed by atoms with Gasteiger partial charge in [0.25, 0.3) is 0 Å². The van der Waals surface area contributed by atoms with Crippen molar-refractivity contribution in [3.8, 4) is 11.3 Å². The second-order valence-electron chi connectivity index (χ2n) is 5.14. The van der Waals surface area contributed by atoms with E-state index in [1.54, 1.807) is 6.20 Å². The van der Waals surface area contributed by atoms with Crippen molar-refractivity contribution in [1.29, 1.82) is 0 Å². The van der Waals surface area contributed by atoms with Crippen LogP contribution in [0.15, 0.2) is 67.3 Å². The van der Waals surface area contributed by atoms with Gasteiger partial charge < -0.3 is 4.98 Å². The molecular weight excluding hydrogens is 272 g/mol. The van der Waals surface area contributed by atoms with Crippen LogP contribution in [0.1, 0.15) is 11.4 Å². The second kappa shape index (κ2) is 5.41. The molecule has 0 aliphatic heterocycles. The molecular formula is C18H14N4. The van der Waals surface area contributed by atoms with E-state index in [4.69, 9.17) is 4.98 Å². The summed E-state index contributed by atoms with van der Waals surface area (Å²) in [6.45, 7) is 0. The van der Waals surface area contributed by atoms with E-state index in [2.05, 4.69) is 27.1 Å². The molecule has 0 saturated carbocycles. The molecule has 1 aromatic carbocycles. The Balaban J connectivity index is 1.73. The zero-order valence-corrected chi connectivity index (χ0v) is 11.9. The number of benzene rings is 1. The topological polar surface area (TPSA) is 54.5 Å². The molecule has 3 heterocycles. The summed E-state index contributed by atoms with van der Waals surface area (Å²) in [6.07, 6.45) is 8.16. The van der Waals surface area contributed by atoms with Crippen LogP contribution < -0.4 is 0 Å². The van der Waals surface area contributed by atoms with E-state index >= 15 is 0 Å². The van der Waals surface area contributed by atoms with Gasteiger partial charge in [-0.1, -0.05) is 30.3 Å². The summed E-state index contributed by atoms with van der Waals surface area (Å²) in [7, 11) is 0. The number of aromatic nitrogens is 4. The maximum absolute atomic E-state index is 4.70. The van der Waals surface area contributed by atoms with Gasteiger partial charge in [-0.3, -0.25) is 4.98 Å². The lowest BCUT2D eigenvalue weighted by Gasteiger charge is -2.03. The van der Waals surface area contributed by atoms with E-state index in [9.17, 15) is 0 Å². The molecule has 0 aliphatic rings. The van der Waals surface area contributed by atoms with Gasteiger partial charge in [-0.15, -0.1) is 0 Å². The van der Waals surface area contributed by atoms with Crippen LogP contribution in [0.2, 0.25) is 0 Å². The Labute approximate surface area is 127 Å². The molecule has 0 radical (unpaired) electrons. The van der Waals surface area contributed by atoms with Crippen molar-refractivity contribution in [3.63, 3.8) is 0 Å². The van der Waals surface area contributed by atoms with Crippen LogP contribution in [-0.4, -0.2) is 19.9 Å². The lowest BCUT2D eigenvalue weighted by molar-refractivity contribution is 0.972. The third-order valence-electron chi connectivity index (χ3n) is 3.67. The van der Waals surface area contributed by atoms with Crippen LogP contribution >= 0.6 is 0 Å². The van der Waals surface area contributed by atoms with Gasteiger partial charge >= 0.3 is 0 Å². The molecule has 0 amide bonds. The monoisotopic (exact) mass is 286 g/mol. The van der Waals surface area contributed by atoms with Crippen LogP contribution in [0.5, 0.6) is 0 Å². The average molecular weight is 286 g/mol.